The molecular formula is C26H20Br2Cl2N4O3S. The highest BCUT2D eigenvalue weighted by Gasteiger charge is 2.51. The van der Waals surface area contributed by atoms with E-state index < -0.39 is 15.6 Å². The van der Waals surface area contributed by atoms with Gasteiger partial charge in [0.05, 0.1) is 11.9 Å². The SMILES string of the molecule is C[C@@]1(Cc2ccc(Br)cc2)C(=O)N(c2cc(Cl)cc(Cl)c2)c2ncc(S(=O)(=O)NCc3ccc(Br)cc3)n21. The summed E-state index contributed by atoms with van der Waals surface area (Å²) in [6.45, 7) is 1.78. The Hall–Kier alpha value is -2.21. The normalized spacial score (nSPS) is 17.2. The summed E-state index contributed by atoms with van der Waals surface area (Å²) < 4.78 is 33.1. The minimum atomic E-state index is -4.07. The van der Waals surface area contributed by atoms with Crippen molar-refractivity contribution < 1.29 is 13.2 Å². The Morgan fingerprint density at radius 1 is 0.921 bits per heavy atom. The fourth-order valence-electron chi connectivity index (χ4n) is 4.48. The van der Waals surface area contributed by atoms with Gasteiger partial charge >= 0.3 is 0 Å². The summed E-state index contributed by atoms with van der Waals surface area (Å²) in [5, 5.41) is 0.557. The summed E-state index contributed by atoms with van der Waals surface area (Å²) in [7, 11) is -4.07. The van der Waals surface area contributed by atoms with E-state index in [4.69, 9.17) is 23.2 Å². The summed E-state index contributed by atoms with van der Waals surface area (Å²) in [4.78, 5) is 19.8. The molecule has 0 radical (unpaired) electrons. The third-order valence-electron chi connectivity index (χ3n) is 6.29. The number of benzene rings is 3. The van der Waals surface area contributed by atoms with Crippen LogP contribution < -0.4 is 9.62 Å². The molecular weight excluding hydrogens is 679 g/mol. The molecule has 3 aromatic carbocycles. The van der Waals surface area contributed by atoms with Crippen LogP contribution in [0, 0.1) is 0 Å². The Morgan fingerprint density at radius 2 is 1.47 bits per heavy atom. The topological polar surface area (TPSA) is 84.3 Å². The maximum absolute atomic E-state index is 14.1. The van der Waals surface area contributed by atoms with Crippen molar-refractivity contribution >= 4 is 82.6 Å². The maximum Gasteiger partial charge on any atom is 0.260 e. The van der Waals surface area contributed by atoms with E-state index >= 15 is 0 Å². The molecule has 1 aliphatic heterocycles. The van der Waals surface area contributed by atoms with Gasteiger partial charge in [-0.3, -0.25) is 9.36 Å². The van der Waals surface area contributed by atoms with Crippen LogP contribution in [0.2, 0.25) is 10.0 Å². The van der Waals surface area contributed by atoms with Gasteiger partial charge in [-0.05, 0) is 60.5 Å². The first kappa shape index (κ1) is 27.4. The highest BCUT2D eigenvalue weighted by molar-refractivity contribution is 9.10. The van der Waals surface area contributed by atoms with E-state index in [-0.39, 0.29) is 29.8 Å². The second-order valence-electron chi connectivity index (χ2n) is 9.03. The summed E-state index contributed by atoms with van der Waals surface area (Å²) in [5.74, 6) is -0.192. The second kappa shape index (κ2) is 10.4. The smallest absolute Gasteiger partial charge is 0.260 e. The number of hydrogen-bond donors (Lipinski definition) is 1. The molecule has 1 aliphatic rings. The number of sulfonamides is 1. The molecule has 2 heterocycles. The molecule has 196 valence electrons. The monoisotopic (exact) mass is 696 g/mol. The van der Waals surface area contributed by atoms with Crippen LogP contribution in [0.3, 0.4) is 0 Å². The van der Waals surface area contributed by atoms with E-state index in [1.54, 1.807) is 25.1 Å². The number of anilines is 2. The van der Waals surface area contributed by atoms with Crippen LogP contribution in [0.4, 0.5) is 11.6 Å². The molecule has 0 spiro atoms. The molecule has 0 fully saturated rings. The first-order valence-electron chi connectivity index (χ1n) is 11.4. The third-order valence-corrected chi connectivity index (χ3v) is 9.15. The number of hydrogen-bond acceptors (Lipinski definition) is 4. The van der Waals surface area contributed by atoms with Crippen molar-refractivity contribution in [2.75, 3.05) is 4.90 Å². The molecule has 0 aliphatic carbocycles. The van der Waals surface area contributed by atoms with E-state index in [1.165, 1.54) is 15.7 Å². The van der Waals surface area contributed by atoms with Gasteiger partial charge in [-0.2, -0.15) is 0 Å². The van der Waals surface area contributed by atoms with Crippen LogP contribution in [0.5, 0.6) is 0 Å². The number of nitrogens with zero attached hydrogens (tertiary/aromatic N) is 3. The highest BCUT2D eigenvalue weighted by atomic mass is 79.9. The molecule has 0 saturated carbocycles. The lowest BCUT2D eigenvalue weighted by molar-refractivity contribution is -0.124. The van der Waals surface area contributed by atoms with Crippen LogP contribution in [0.25, 0.3) is 0 Å². The van der Waals surface area contributed by atoms with Crippen molar-refractivity contribution in [2.45, 2.75) is 30.5 Å². The fraction of sp³-hybridized carbons (Fsp3) is 0.154. The molecule has 1 atom stereocenters. The van der Waals surface area contributed by atoms with Crippen molar-refractivity contribution in [1.82, 2.24) is 14.3 Å². The number of halogens is 4. The number of carbonyl (C=O) groups excluding carboxylic acids is 1. The van der Waals surface area contributed by atoms with Gasteiger partial charge in [-0.1, -0.05) is 79.3 Å². The Morgan fingerprint density at radius 3 is 2.05 bits per heavy atom. The zero-order valence-corrected chi connectivity index (χ0v) is 25.3. The number of fused-ring (bicyclic) bond motifs is 1. The van der Waals surface area contributed by atoms with Crippen LogP contribution >= 0.6 is 55.1 Å². The number of aromatic nitrogens is 2. The lowest BCUT2D eigenvalue weighted by Crippen LogP contribution is -2.42. The number of amides is 1. The fourth-order valence-corrected chi connectivity index (χ4v) is 6.74. The van der Waals surface area contributed by atoms with Gasteiger partial charge in [0, 0.05) is 32.0 Å². The number of imidazole rings is 1. The molecule has 0 unspecified atom stereocenters. The molecule has 12 heteroatoms. The van der Waals surface area contributed by atoms with Gasteiger partial charge in [0.15, 0.2) is 5.03 Å². The van der Waals surface area contributed by atoms with Crippen molar-refractivity contribution in [3.63, 3.8) is 0 Å². The Bertz CT molecular complexity index is 1620. The van der Waals surface area contributed by atoms with Gasteiger partial charge in [-0.15, -0.1) is 0 Å². The molecule has 5 rings (SSSR count). The second-order valence-corrected chi connectivity index (χ2v) is 13.4. The van der Waals surface area contributed by atoms with Gasteiger partial charge in [0.2, 0.25) is 5.95 Å². The van der Waals surface area contributed by atoms with Crippen LogP contribution in [0.15, 0.2) is 86.9 Å². The van der Waals surface area contributed by atoms with Gasteiger partial charge in [-0.25, -0.2) is 23.0 Å². The van der Waals surface area contributed by atoms with E-state index in [9.17, 15) is 13.2 Å². The molecule has 1 N–H and O–H groups in total. The predicted molar refractivity (Wildman–Crippen MR) is 155 cm³/mol. The molecule has 1 aromatic heterocycles. The summed E-state index contributed by atoms with van der Waals surface area (Å²) in [5.41, 5.74) is 0.712. The number of rotatable bonds is 7. The largest absolute Gasteiger partial charge is 0.284 e. The van der Waals surface area contributed by atoms with Crippen LogP contribution in [-0.2, 0) is 33.3 Å². The molecule has 38 heavy (non-hydrogen) atoms. The minimum absolute atomic E-state index is 0.0706. The van der Waals surface area contributed by atoms with Crippen molar-refractivity contribution in [1.29, 1.82) is 0 Å². The lowest BCUT2D eigenvalue weighted by atomic mass is 9.92. The summed E-state index contributed by atoms with van der Waals surface area (Å²) in [6.07, 6.45) is 1.49. The van der Waals surface area contributed by atoms with Crippen molar-refractivity contribution in [2.24, 2.45) is 0 Å². The number of carbonyl (C=O) groups is 1. The quantitative estimate of drug-likeness (QED) is 0.230. The van der Waals surface area contributed by atoms with Gasteiger partial charge in [0.25, 0.3) is 15.9 Å². The van der Waals surface area contributed by atoms with E-state index in [0.29, 0.717) is 15.7 Å². The molecule has 0 bridgehead atoms. The average Bonchev–Trinajstić information content (AvgIpc) is 3.38. The van der Waals surface area contributed by atoms with Crippen molar-refractivity contribution in [3.8, 4) is 0 Å². The molecule has 0 saturated heterocycles. The Kier molecular flexibility index (Phi) is 7.49. The third kappa shape index (κ3) is 5.17. The first-order chi connectivity index (χ1) is 18.0. The Balaban J connectivity index is 1.60. The first-order valence-corrected chi connectivity index (χ1v) is 15.2. The minimum Gasteiger partial charge on any atom is -0.284 e. The number of nitrogens with one attached hydrogen (secondary N) is 1. The highest BCUT2D eigenvalue weighted by Crippen LogP contribution is 2.44. The van der Waals surface area contributed by atoms with Gasteiger partial charge < -0.3 is 0 Å². The standard InChI is InChI=1S/C26H20Br2Cl2N4O3S/c1-26(13-16-2-6-18(27)7-3-16)24(35)33(22-11-20(29)10-21(30)12-22)25-31-15-23(34(25)26)38(36,37)32-14-17-4-8-19(28)9-5-17/h2-12,15,32H,13-14H2,1H3/t26-/m1/s1. The summed E-state index contributed by atoms with van der Waals surface area (Å²) in [6, 6.07) is 19.6. The van der Waals surface area contributed by atoms with E-state index in [2.05, 4.69) is 41.6 Å². The lowest BCUT2D eigenvalue weighted by Gasteiger charge is -2.26. The summed E-state index contributed by atoms with van der Waals surface area (Å²) >= 11 is 19.3. The van der Waals surface area contributed by atoms with Crippen LogP contribution in [-0.4, -0.2) is 23.9 Å². The van der Waals surface area contributed by atoms with Crippen molar-refractivity contribution in [3.05, 3.63) is 103 Å². The average molecular weight is 699 g/mol. The zero-order valence-electron chi connectivity index (χ0n) is 19.8. The molecule has 4 aromatic rings. The van der Waals surface area contributed by atoms with Crippen LogP contribution in [0.1, 0.15) is 18.1 Å². The maximum atomic E-state index is 14.1. The Labute approximate surface area is 247 Å². The zero-order chi connectivity index (χ0) is 27.2. The van der Waals surface area contributed by atoms with E-state index in [0.717, 1.165) is 20.1 Å². The molecule has 7 nitrogen and oxygen atoms in total. The van der Waals surface area contributed by atoms with E-state index in [1.807, 2.05) is 48.5 Å². The molecule has 1 amide bonds. The van der Waals surface area contributed by atoms with Gasteiger partial charge in [0.1, 0.15) is 5.54 Å². The predicted octanol–water partition coefficient (Wildman–Crippen LogP) is 6.83.